The Labute approximate surface area is 85.4 Å². The molecular weight excluding hydrogens is 206 g/mol. The van der Waals surface area contributed by atoms with E-state index in [1.54, 1.807) is 18.3 Å². The van der Waals surface area contributed by atoms with Gasteiger partial charge < -0.3 is 5.11 Å². The number of carboxylic acids is 1. The maximum absolute atomic E-state index is 10.5. The Bertz CT molecular complexity index is 279. The number of rotatable bonds is 4. The first kappa shape index (κ1) is 10.4. The molecule has 0 aliphatic rings. The predicted molar refractivity (Wildman–Crippen MR) is 55.8 cm³/mol. The first-order valence-electron chi connectivity index (χ1n) is 3.67. The third-order valence-electron chi connectivity index (χ3n) is 1.50. The molecule has 0 aliphatic carbocycles. The highest BCUT2D eigenvalue weighted by Crippen LogP contribution is 2.32. The lowest BCUT2D eigenvalue weighted by molar-refractivity contribution is -0.137. The smallest absolute Gasteiger partial charge is 0.304 e. The highest BCUT2D eigenvalue weighted by atomic mass is 33.1. The SMILES string of the molecule is O=C(O)CC(SS)c1ccccn1. The number of aromatic nitrogens is 1. The average molecular weight is 215 g/mol. The number of hydrogen-bond donors (Lipinski definition) is 2. The number of pyridine rings is 1. The van der Waals surface area contributed by atoms with Crippen LogP contribution in [-0.4, -0.2) is 16.1 Å². The molecule has 0 spiro atoms. The van der Waals surface area contributed by atoms with Gasteiger partial charge in [0, 0.05) is 6.20 Å². The summed E-state index contributed by atoms with van der Waals surface area (Å²) in [5.41, 5.74) is 0.755. The van der Waals surface area contributed by atoms with Gasteiger partial charge in [0.15, 0.2) is 0 Å². The minimum atomic E-state index is -0.836. The molecule has 5 heteroatoms. The zero-order valence-corrected chi connectivity index (χ0v) is 8.46. The van der Waals surface area contributed by atoms with Gasteiger partial charge in [-0.1, -0.05) is 16.9 Å². The Morgan fingerprint density at radius 2 is 2.46 bits per heavy atom. The van der Waals surface area contributed by atoms with Crippen molar-refractivity contribution in [2.24, 2.45) is 0 Å². The van der Waals surface area contributed by atoms with Gasteiger partial charge in [-0.25, -0.2) is 0 Å². The van der Waals surface area contributed by atoms with E-state index in [1.165, 1.54) is 10.8 Å². The summed E-state index contributed by atoms with van der Waals surface area (Å²) in [6, 6.07) is 5.43. The van der Waals surface area contributed by atoms with E-state index in [0.717, 1.165) is 5.69 Å². The van der Waals surface area contributed by atoms with Crippen molar-refractivity contribution in [3.63, 3.8) is 0 Å². The van der Waals surface area contributed by atoms with E-state index >= 15 is 0 Å². The van der Waals surface area contributed by atoms with Gasteiger partial charge in [0.2, 0.25) is 0 Å². The summed E-state index contributed by atoms with van der Waals surface area (Å²) in [4.78, 5) is 14.5. The highest BCUT2D eigenvalue weighted by molar-refractivity contribution is 8.68. The van der Waals surface area contributed by atoms with Crippen LogP contribution in [0.25, 0.3) is 0 Å². The van der Waals surface area contributed by atoms with Crippen molar-refractivity contribution in [1.29, 1.82) is 0 Å². The molecule has 0 fully saturated rings. The van der Waals surface area contributed by atoms with E-state index in [1.807, 2.05) is 6.07 Å². The molecule has 0 aromatic carbocycles. The Morgan fingerprint density at radius 3 is 2.92 bits per heavy atom. The molecule has 1 aromatic heterocycles. The van der Waals surface area contributed by atoms with Gasteiger partial charge in [-0.2, -0.15) is 0 Å². The fourth-order valence-electron chi connectivity index (χ4n) is 0.921. The van der Waals surface area contributed by atoms with Gasteiger partial charge in [0.1, 0.15) is 0 Å². The minimum absolute atomic E-state index is 0.0468. The number of thiol groups is 1. The largest absolute Gasteiger partial charge is 0.481 e. The molecule has 0 bridgehead atoms. The normalized spacial score (nSPS) is 12.4. The van der Waals surface area contributed by atoms with Gasteiger partial charge in [-0.15, -0.1) is 11.7 Å². The van der Waals surface area contributed by atoms with Crippen molar-refractivity contribution < 1.29 is 9.90 Å². The molecule has 0 saturated carbocycles. The summed E-state index contributed by atoms with van der Waals surface area (Å²) < 4.78 is 0. The van der Waals surface area contributed by atoms with E-state index in [4.69, 9.17) is 5.11 Å². The van der Waals surface area contributed by atoms with Crippen LogP contribution >= 0.6 is 22.5 Å². The zero-order chi connectivity index (χ0) is 9.68. The van der Waals surface area contributed by atoms with Crippen molar-refractivity contribution in [1.82, 2.24) is 4.98 Å². The van der Waals surface area contributed by atoms with Gasteiger partial charge >= 0.3 is 5.97 Å². The fraction of sp³-hybridized carbons (Fsp3) is 0.250. The lowest BCUT2D eigenvalue weighted by Crippen LogP contribution is -2.03. The Hall–Kier alpha value is -0.680. The highest BCUT2D eigenvalue weighted by Gasteiger charge is 2.15. The number of nitrogens with zero attached hydrogens (tertiary/aromatic N) is 1. The maximum Gasteiger partial charge on any atom is 0.304 e. The molecule has 1 unspecified atom stereocenters. The van der Waals surface area contributed by atoms with Gasteiger partial charge in [0.25, 0.3) is 0 Å². The maximum atomic E-state index is 10.5. The molecule has 0 saturated heterocycles. The lowest BCUT2D eigenvalue weighted by atomic mass is 10.2. The standard InChI is InChI=1S/C8H9NO2S2/c10-8(11)5-7(13-12)6-3-1-2-4-9-6/h1-4,7,12H,5H2,(H,10,11). The first-order valence-corrected chi connectivity index (χ1v) is 5.60. The Balaban J connectivity index is 2.73. The van der Waals surface area contributed by atoms with Gasteiger partial charge in [-0.05, 0) is 12.1 Å². The summed E-state index contributed by atoms with van der Waals surface area (Å²) in [6.45, 7) is 0. The second-order valence-electron chi connectivity index (χ2n) is 2.45. The fourth-order valence-corrected chi connectivity index (χ4v) is 1.93. The van der Waals surface area contributed by atoms with Crippen LogP contribution in [0.4, 0.5) is 0 Å². The summed E-state index contributed by atoms with van der Waals surface area (Å²) >= 11 is 4.01. The molecular formula is C8H9NO2S2. The van der Waals surface area contributed by atoms with Crippen LogP contribution < -0.4 is 0 Å². The van der Waals surface area contributed by atoms with Crippen molar-refractivity contribution in [2.45, 2.75) is 11.7 Å². The number of aliphatic carboxylic acids is 1. The molecule has 70 valence electrons. The number of carbonyl (C=O) groups is 1. The molecule has 3 nitrogen and oxygen atoms in total. The van der Waals surface area contributed by atoms with Crippen LogP contribution in [0.3, 0.4) is 0 Å². The van der Waals surface area contributed by atoms with Crippen LogP contribution in [0.1, 0.15) is 17.4 Å². The Morgan fingerprint density at radius 1 is 1.69 bits per heavy atom. The zero-order valence-electron chi connectivity index (χ0n) is 6.75. The molecule has 1 aromatic rings. The van der Waals surface area contributed by atoms with Gasteiger partial charge in [0.05, 0.1) is 17.4 Å². The molecule has 13 heavy (non-hydrogen) atoms. The molecule has 1 heterocycles. The third kappa shape index (κ3) is 3.28. The van der Waals surface area contributed by atoms with E-state index < -0.39 is 5.97 Å². The first-order chi connectivity index (χ1) is 6.24. The van der Waals surface area contributed by atoms with E-state index in [0.29, 0.717) is 0 Å². The van der Waals surface area contributed by atoms with Gasteiger partial charge in [-0.3, -0.25) is 9.78 Å². The third-order valence-corrected chi connectivity index (χ3v) is 2.93. The summed E-state index contributed by atoms with van der Waals surface area (Å²) in [5, 5.41) is 8.42. The topological polar surface area (TPSA) is 50.2 Å². The lowest BCUT2D eigenvalue weighted by Gasteiger charge is -2.09. The second kappa shape index (κ2) is 5.14. The number of hydrogen-bond acceptors (Lipinski definition) is 4. The molecule has 0 radical (unpaired) electrons. The molecule has 0 amide bonds. The van der Waals surface area contributed by atoms with E-state index in [2.05, 4.69) is 16.6 Å². The number of carboxylic acid groups (broad SMARTS) is 1. The average Bonchev–Trinajstić information content (AvgIpc) is 2.15. The van der Waals surface area contributed by atoms with Crippen molar-refractivity contribution >= 4 is 28.4 Å². The van der Waals surface area contributed by atoms with Crippen LogP contribution in [0.2, 0.25) is 0 Å². The van der Waals surface area contributed by atoms with Crippen molar-refractivity contribution in [2.75, 3.05) is 0 Å². The summed E-state index contributed by atoms with van der Waals surface area (Å²) in [7, 11) is 1.20. The predicted octanol–water partition coefficient (Wildman–Crippen LogP) is 2.18. The van der Waals surface area contributed by atoms with E-state index in [9.17, 15) is 4.79 Å². The molecule has 1 N–H and O–H groups in total. The van der Waals surface area contributed by atoms with Crippen LogP contribution in [0.5, 0.6) is 0 Å². The van der Waals surface area contributed by atoms with Crippen molar-refractivity contribution in [3.05, 3.63) is 30.1 Å². The summed E-state index contributed by atoms with van der Waals surface area (Å²) in [5.74, 6) is -0.836. The second-order valence-corrected chi connectivity index (χ2v) is 3.86. The Kier molecular flexibility index (Phi) is 4.11. The molecule has 1 rings (SSSR count). The summed E-state index contributed by atoms with van der Waals surface area (Å²) in [6.07, 6.45) is 1.69. The molecule has 1 atom stereocenters. The van der Waals surface area contributed by atoms with Crippen LogP contribution in [0, 0.1) is 0 Å². The quantitative estimate of drug-likeness (QED) is 0.597. The van der Waals surface area contributed by atoms with Crippen LogP contribution in [0.15, 0.2) is 24.4 Å². The van der Waals surface area contributed by atoms with E-state index in [-0.39, 0.29) is 11.7 Å². The minimum Gasteiger partial charge on any atom is -0.481 e. The monoisotopic (exact) mass is 215 g/mol. The molecule has 0 aliphatic heterocycles. The van der Waals surface area contributed by atoms with Crippen LogP contribution in [-0.2, 0) is 4.79 Å². The van der Waals surface area contributed by atoms with Crippen molar-refractivity contribution in [3.8, 4) is 0 Å².